The minimum absolute atomic E-state index is 0.0119. The SMILES string of the molecule is CC(C)C[n+]1c(O)c(C(=O)N[C@@H](C)C(F)(F)F)c(=O)n2[nH]c(N)c(/C=C/C(=O)N3CCC(F)(F)CC3)c21. The number of hydrogen-bond acceptors (Lipinski definition) is 5. The van der Waals surface area contributed by atoms with Crippen LogP contribution in [0.15, 0.2) is 10.9 Å². The Morgan fingerprint density at radius 1 is 1.24 bits per heavy atom. The van der Waals surface area contributed by atoms with E-state index in [0.717, 1.165) is 15.2 Å². The first-order chi connectivity index (χ1) is 17.0. The topological polar surface area (TPSA) is 137 Å². The summed E-state index contributed by atoms with van der Waals surface area (Å²) in [6.45, 7) is 3.90. The van der Waals surface area contributed by atoms with E-state index < -0.39 is 59.8 Å². The van der Waals surface area contributed by atoms with Gasteiger partial charge in [0.05, 0.1) is 6.54 Å². The summed E-state index contributed by atoms with van der Waals surface area (Å²) in [6, 6.07) is -2.30. The zero-order chi connectivity index (χ0) is 27.9. The van der Waals surface area contributed by atoms with Gasteiger partial charge in [0, 0.05) is 32.0 Å². The van der Waals surface area contributed by atoms with Crippen LogP contribution in [0.1, 0.15) is 49.5 Å². The van der Waals surface area contributed by atoms with Gasteiger partial charge in [-0.05, 0) is 18.9 Å². The van der Waals surface area contributed by atoms with Crippen LogP contribution in [0.4, 0.5) is 27.8 Å². The number of aromatic nitrogens is 3. The highest BCUT2D eigenvalue weighted by atomic mass is 19.4. The molecule has 2 aromatic rings. The first-order valence-electron chi connectivity index (χ1n) is 11.4. The maximum atomic E-state index is 13.4. The Hall–Kier alpha value is -3.65. The van der Waals surface area contributed by atoms with Gasteiger partial charge in [-0.15, -0.1) is 0 Å². The molecular weight excluding hydrogens is 507 g/mol. The van der Waals surface area contributed by atoms with Gasteiger partial charge in [-0.25, -0.2) is 18.7 Å². The average molecular weight is 535 g/mol. The molecule has 2 aromatic heterocycles. The summed E-state index contributed by atoms with van der Waals surface area (Å²) >= 11 is 0. The highest BCUT2D eigenvalue weighted by Crippen LogP contribution is 2.28. The molecule has 0 aliphatic carbocycles. The van der Waals surface area contributed by atoms with Crippen molar-refractivity contribution in [1.29, 1.82) is 0 Å². The molecule has 5 N–H and O–H groups in total. The number of nitrogens with two attached hydrogens (primary N) is 1. The maximum Gasteiger partial charge on any atom is 0.408 e. The van der Waals surface area contributed by atoms with Crippen molar-refractivity contribution >= 4 is 29.4 Å². The van der Waals surface area contributed by atoms with Crippen molar-refractivity contribution in [2.24, 2.45) is 5.92 Å². The van der Waals surface area contributed by atoms with Gasteiger partial charge < -0.3 is 21.1 Å². The monoisotopic (exact) mass is 535 g/mol. The van der Waals surface area contributed by atoms with E-state index in [9.17, 15) is 41.4 Å². The van der Waals surface area contributed by atoms with Gasteiger partial charge in [0.1, 0.15) is 11.6 Å². The molecule has 1 saturated heterocycles. The van der Waals surface area contributed by atoms with Crippen LogP contribution in [0.5, 0.6) is 5.88 Å². The number of likely N-dealkylation sites (tertiary alicyclic amines) is 1. The number of aromatic hydroxyl groups is 1. The number of amides is 2. The summed E-state index contributed by atoms with van der Waals surface area (Å²) in [5.41, 5.74) is 3.91. The Labute approximate surface area is 207 Å². The number of nitrogens with one attached hydrogen (secondary N) is 2. The van der Waals surface area contributed by atoms with E-state index in [2.05, 4.69) is 5.10 Å². The van der Waals surface area contributed by atoms with Gasteiger partial charge >= 0.3 is 23.3 Å². The molecule has 0 radical (unpaired) electrons. The molecule has 1 atom stereocenters. The molecule has 1 aliphatic heterocycles. The van der Waals surface area contributed by atoms with Crippen LogP contribution < -0.4 is 21.2 Å². The summed E-state index contributed by atoms with van der Waals surface area (Å²) < 4.78 is 67.5. The Kier molecular flexibility index (Phi) is 7.56. The van der Waals surface area contributed by atoms with E-state index in [1.807, 2.05) is 0 Å². The number of rotatable bonds is 6. The van der Waals surface area contributed by atoms with E-state index in [1.165, 1.54) is 11.0 Å². The van der Waals surface area contributed by atoms with E-state index in [1.54, 1.807) is 19.2 Å². The van der Waals surface area contributed by atoms with Crippen LogP contribution in [-0.4, -0.2) is 62.7 Å². The molecule has 15 heteroatoms. The number of halogens is 5. The zero-order valence-electron chi connectivity index (χ0n) is 20.3. The van der Waals surface area contributed by atoms with E-state index in [0.29, 0.717) is 6.92 Å². The zero-order valence-corrected chi connectivity index (χ0v) is 20.3. The van der Waals surface area contributed by atoms with Crippen LogP contribution in [0.3, 0.4) is 0 Å². The largest absolute Gasteiger partial charge is 0.477 e. The fourth-order valence-electron chi connectivity index (χ4n) is 3.90. The van der Waals surface area contributed by atoms with Gasteiger partial charge in [-0.2, -0.15) is 17.7 Å². The minimum atomic E-state index is -4.79. The lowest BCUT2D eigenvalue weighted by atomic mass is 10.1. The summed E-state index contributed by atoms with van der Waals surface area (Å²) in [7, 11) is 0. The first-order valence-corrected chi connectivity index (χ1v) is 11.4. The Morgan fingerprint density at radius 2 is 1.84 bits per heavy atom. The number of hydrogen-bond donors (Lipinski definition) is 4. The van der Waals surface area contributed by atoms with Crippen LogP contribution >= 0.6 is 0 Å². The number of H-pyrrole nitrogens is 1. The molecule has 10 nitrogen and oxygen atoms in total. The Bertz CT molecular complexity index is 1290. The van der Waals surface area contributed by atoms with Crippen molar-refractivity contribution in [3.05, 3.63) is 27.6 Å². The third-order valence-electron chi connectivity index (χ3n) is 5.94. The van der Waals surface area contributed by atoms with Crippen molar-refractivity contribution in [1.82, 2.24) is 19.8 Å². The highest BCUT2D eigenvalue weighted by molar-refractivity contribution is 5.96. The molecule has 3 rings (SSSR count). The van der Waals surface area contributed by atoms with Crippen molar-refractivity contribution in [2.75, 3.05) is 18.8 Å². The molecule has 1 fully saturated rings. The van der Waals surface area contributed by atoms with Crippen molar-refractivity contribution in [3.8, 4) is 5.88 Å². The second-order valence-electron chi connectivity index (χ2n) is 9.36. The smallest absolute Gasteiger partial charge is 0.408 e. The number of nitrogen functional groups attached to an aromatic ring is 1. The quantitative estimate of drug-likeness (QED) is 0.254. The summed E-state index contributed by atoms with van der Waals surface area (Å²) in [4.78, 5) is 39.4. The number of nitrogens with zero attached hydrogens (tertiary/aromatic N) is 3. The first kappa shape index (κ1) is 27.9. The average Bonchev–Trinajstić information content (AvgIpc) is 3.10. The number of aromatic amines is 1. The van der Waals surface area contributed by atoms with Crippen LogP contribution in [0, 0.1) is 5.92 Å². The lowest BCUT2D eigenvalue weighted by Gasteiger charge is -2.30. The van der Waals surface area contributed by atoms with Gasteiger partial charge in [0.25, 0.3) is 11.8 Å². The number of alkyl halides is 5. The van der Waals surface area contributed by atoms with E-state index >= 15 is 0 Å². The van der Waals surface area contributed by atoms with Crippen molar-refractivity contribution in [3.63, 3.8) is 0 Å². The molecule has 0 aromatic carbocycles. The molecule has 3 heterocycles. The molecule has 2 amide bonds. The third kappa shape index (κ3) is 5.85. The number of anilines is 1. The summed E-state index contributed by atoms with van der Waals surface area (Å²) in [6.07, 6.45) is -3.42. The number of carbonyl (C=O) groups is 2. The standard InChI is InChI=1S/C22H27F5N6O4/c1-11(2)10-32-18-13(4-5-14(34)31-8-6-21(23,24)7-9-31)16(28)30-33(18)20(37)15(19(32)36)17(35)29-12(3)22(25,26)27/h4-5,11-12H,6-10H2,1-3H3,(H4,28,29,30,35,36,37)/p+1/b5-4+/t12-/m0/s1. The molecule has 0 spiro atoms. The minimum Gasteiger partial charge on any atom is -0.477 e. The molecule has 0 bridgehead atoms. The van der Waals surface area contributed by atoms with E-state index in [-0.39, 0.29) is 42.6 Å². The van der Waals surface area contributed by atoms with Crippen LogP contribution in [-0.2, 0) is 11.3 Å². The Morgan fingerprint density at radius 3 is 2.38 bits per heavy atom. The molecule has 1 aliphatic rings. The lowest BCUT2D eigenvalue weighted by molar-refractivity contribution is -0.686. The second kappa shape index (κ2) is 10.0. The highest BCUT2D eigenvalue weighted by Gasteiger charge is 2.40. The number of fused-ring (bicyclic) bond motifs is 1. The van der Waals surface area contributed by atoms with Crippen LogP contribution in [0.2, 0.25) is 0 Å². The van der Waals surface area contributed by atoms with Crippen molar-refractivity contribution in [2.45, 2.75) is 58.3 Å². The second-order valence-corrected chi connectivity index (χ2v) is 9.36. The van der Waals surface area contributed by atoms with Gasteiger partial charge in [0.2, 0.25) is 11.5 Å². The normalized spacial score (nSPS) is 17.1. The number of carbonyl (C=O) groups excluding carboxylic acids is 2. The fraction of sp³-hybridized carbons (Fsp3) is 0.545. The number of piperidine rings is 1. The lowest BCUT2D eigenvalue weighted by Crippen LogP contribution is -2.48. The maximum absolute atomic E-state index is 13.4. The van der Waals surface area contributed by atoms with E-state index in [4.69, 9.17) is 5.73 Å². The molecular formula is C22H28F5N6O4+. The van der Waals surface area contributed by atoms with Gasteiger partial charge in [-0.3, -0.25) is 9.59 Å². The third-order valence-corrected chi connectivity index (χ3v) is 5.94. The predicted molar refractivity (Wildman–Crippen MR) is 122 cm³/mol. The Balaban J connectivity index is 2.08. The van der Waals surface area contributed by atoms with Gasteiger partial charge in [0.15, 0.2) is 5.82 Å². The summed E-state index contributed by atoms with van der Waals surface area (Å²) in [5.74, 6) is -6.07. The molecule has 0 unspecified atom stereocenters. The summed E-state index contributed by atoms with van der Waals surface area (Å²) in [5, 5.41) is 15.0. The van der Waals surface area contributed by atoms with Crippen LogP contribution in [0.25, 0.3) is 11.7 Å². The molecule has 0 saturated carbocycles. The fourth-order valence-corrected chi connectivity index (χ4v) is 3.90. The van der Waals surface area contributed by atoms with Crippen molar-refractivity contribution < 1.29 is 41.2 Å². The molecule has 204 valence electrons. The van der Waals surface area contributed by atoms with Gasteiger partial charge in [-0.1, -0.05) is 18.4 Å². The molecule has 37 heavy (non-hydrogen) atoms. The predicted octanol–water partition coefficient (Wildman–Crippen LogP) is 1.81.